The Morgan fingerprint density at radius 2 is 1.50 bits per heavy atom. The molecule has 0 heterocycles. The quantitative estimate of drug-likeness (QED) is 0.610. The van der Waals surface area contributed by atoms with E-state index in [1.54, 1.807) is 0 Å². The van der Waals surface area contributed by atoms with Crippen LogP contribution in [0.15, 0.2) is 24.3 Å². The van der Waals surface area contributed by atoms with E-state index in [1.807, 2.05) is 39.8 Å². The lowest BCUT2D eigenvalue weighted by molar-refractivity contribution is 0.139. The highest BCUT2D eigenvalue weighted by molar-refractivity contribution is 14.1. The van der Waals surface area contributed by atoms with Crippen LogP contribution in [-0.2, 0) is 9.31 Å². The van der Waals surface area contributed by atoms with E-state index in [0.717, 1.165) is 5.46 Å². The first kappa shape index (κ1) is 14.0. The van der Waals surface area contributed by atoms with Crippen LogP contribution in [-0.4, -0.2) is 19.3 Å². The molecular formula is C12H18BIO2. The van der Waals surface area contributed by atoms with Crippen molar-refractivity contribution in [2.24, 2.45) is 0 Å². The van der Waals surface area contributed by atoms with E-state index in [4.69, 9.17) is 9.31 Å². The zero-order chi connectivity index (χ0) is 12.1. The molecule has 0 spiro atoms. The first-order chi connectivity index (χ1) is 7.50. The Morgan fingerprint density at radius 1 is 1.00 bits per heavy atom. The van der Waals surface area contributed by atoms with Crippen molar-refractivity contribution in [2.45, 2.75) is 39.9 Å². The third kappa shape index (κ3) is 4.43. The minimum absolute atomic E-state index is 0.153. The van der Waals surface area contributed by atoms with E-state index < -0.39 is 0 Å². The van der Waals surface area contributed by atoms with Crippen LogP contribution in [0.5, 0.6) is 0 Å². The topological polar surface area (TPSA) is 18.5 Å². The van der Waals surface area contributed by atoms with Gasteiger partial charge in [-0.1, -0.05) is 18.2 Å². The van der Waals surface area contributed by atoms with Gasteiger partial charge in [-0.05, 0) is 61.8 Å². The minimum atomic E-state index is -0.270. The van der Waals surface area contributed by atoms with Crippen LogP contribution < -0.4 is 5.46 Å². The molecule has 1 aromatic rings. The molecule has 2 nitrogen and oxygen atoms in total. The van der Waals surface area contributed by atoms with E-state index in [-0.39, 0.29) is 19.3 Å². The molecule has 0 aromatic heterocycles. The highest BCUT2D eigenvalue weighted by Gasteiger charge is 2.25. The van der Waals surface area contributed by atoms with Crippen molar-refractivity contribution in [3.63, 3.8) is 0 Å². The molecule has 88 valence electrons. The fourth-order valence-electron chi connectivity index (χ4n) is 1.34. The van der Waals surface area contributed by atoms with Crippen molar-refractivity contribution in [2.75, 3.05) is 0 Å². The summed E-state index contributed by atoms with van der Waals surface area (Å²) in [6.07, 6.45) is 0.305. The molecule has 0 N–H and O–H groups in total. The molecule has 0 fully saturated rings. The van der Waals surface area contributed by atoms with Crippen molar-refractivity contribution in [3.05, 3.63) is 27.8 Å². The first-order valence-corrected chi connectivity index (χ1v) is 6.64. The number of benzene rings is 1. The van der Waals surface area contributed by atoms with Crippen LogP contribution in [0.1, 0.15) is 27.7 Å². The van der Waals surface area contributed by atoms with Gasteiger partial charge in [-0.3, -0.25) is 0 Å². The summed E-state index contributed by atoms with van der Waals surface area (Å²) >= 11 is 2.31. The molecule has 0 saturated heterocycles. The molecule has 1 aromatic carbocycles. The predicted octanol–water partition coefficient (Wildman–Crippen LogP) is 2.84. The second-order valence-corrected chi connectivity index (χ2v) is 5.39. The van der Waals surface area contributed by atoms with Crippen LogP contribution in [0, 0.1) is 3.57 Å². The summed E-state index contributed by atoms with van der Waals surface area (Å²) in [5.41, 5.74) is 1.10. The fraction of sp³-hybridized carbons (Fsp3) is 0.500. The summed E-state index contributed by atoms with van der Waals surface area (Å²) in [6, 6.07) is 8.15. The van der Waals surface area contributed by atoms with Gasteiger partial charge in [-0.25, -0.2) is 0 Å². The number of rotatable bonds is 5. The number of hydrogen-bond acceptors (Lipinski definition) is 2. The van der Waals surface area contributed by atoms with E-state index in [1.165, 1.54) is 3.57 Å². The van der Waals surface area contributed by atoms with Crippen LogP contribution in [0.25, 0.3) is 0 Å². The summed E-state index contributed by atoms with van der Waals surface area (Å²) in [5.74, 6) is 0. The number of hydrogen-bond donors (Lipinski definition) is 0. The molecule has 0 aliphatic rings. The van der Waals surface area contributed by atoms with Gasteiger partial charge in [0, 0.05) is 15.8 Å². The summed E-state index contributed by atoms with van der Waals surface area (Å²) in [4.78, 5) is 0. The smallest absolute Gasteiger partial charge is 0.405 e. The van der Waals surface area contributed by atoms with Crippen LogP contribution in [0.3, 0.4) is 0 Å². The molecule has 16 heavy (non-hydrogen) atoms. The molecule has 0 atom stereocenters. The fourth-order valence-corrected chi connectivity index (χ4v) is 1.98. The van der Waals surface area contributed by atoms with E-state index in [0.29, 0.717) is 0 Å². The van der Waals surface area contributed by atoms with Crippen LogP contribution >= 0.6 is 22.6 Å². The Bertz CT molecular complexity index is 319. The van der Waals surface area contributed by atoms with E-state index in [9.17, 15) is 0 Å². The SMILES string of the molecule is CC(C)OB(OC(C)C)c1ccccc1I. The van der Waals surface area contributed by atoms with Gasteiger partial charge in [-0.2, -0.15) is 0 Å². The van der Waals surface area contributed by atoms with Crippen LogP contribution in [0.2, 0.25) is 0 Å². The molecule has 0 amide bonds. The lowest BCUT2D eigenvalue weighted by Crippen LogP contribution is -2.42. The molecule has 0 unspecified atom stereocenters. The van der Waals surface area contributed by atoms with Gasteiger partial charge in [0.05, 0.1) is 0 Å². The summed E-state index contributed by atoms with van der Waals surface area (Å²) in [5, 5.41) is 0. The molecule has 0 aliphatic heterocycles. The van der Waals surface area contributed by atoms with Gasteiger partial charge in [-0.15, -0.1) is 0 Å². The summed E-state index contributed by atoms with van der Waals surface area (Å²) < 4.78 is 12.8. The van der Waals surface area contributed by atoms with Crippen molar-refractivity contribution >= 4 is 35.2 Å². The van der Waals surface area contributed by atoms with Gasteiger partial charge in [0.15, 0.2) is 0 Å². The Labute approximate surface area is 112 Å². The predicted molar refractivity (Wildman–Crippen MR) is 77.0 cm³/mol. The Hall–Kier alpha value is -0.0651. The van der Waals surface area contributed by atoms with Gasteiger partial charge in [0.2, 0.25) is 0 Å². The lowest BCUT2D eigenvalue weighted by atomic mass is 9.78. The van der Waals surface area contributed by atoms with E-state index in [2.05, 4.69) is 34.7 Å². The lowest BCUT2D eigenvalue weighted by Gasteiger charge is -2.20. The molecule has 0 bridgehead atoms. The molecule has 0 aliphatic carbocycles. The third-order valence-electron chi connectivity index (χ3n) is 1.95. The molecule has 4 heteroatoms. The standard InChI is InChI=1S/C12H18BIO2/c1-9(2)15-13(16-10(3)4)11-7-5-6-8-12(11)14/h5-10H,1-4H3. The monoisotopic (exact) mass is 332 g/mol. The second kappa shape index (κ2) is 6.62. The molecule has 0 saturated carbocycles. The van der Waals surface area contributed by atoms with Gasteiger partial charge < -0.3 is 9.31 Å². The maximum atomic E-state index is 5.80. The zero-order valence-electron chi connectivity index (χ0n) is 10.2. The Balaban J connectivity index is 2.87. The summed E-state index contributed by atoms with van der Waals surface area (Å²) in [7, 11) is -0.270. The summed E-state index contributed by atoms with van der Waals surface area (Å²) in [6.45, 7) is 8.08. The highest BCUT2D eigenvalue weighted by atomic mass is 127. The van der Waals surface area contributed by atoms with Gasteiger partial charge in [0.25, 0.3) is 0 Å². The molecular weight excluding hydrogens is 314 g/mol. The Morgan fingerprint density at radius 3 is 1.94 bits per heavy atom. The van der Waals surface area contributed by atoms with E-state index >= 15 is 0 Å². The van der Waals surface area contributed by atoms with Crippen molar-refractivity contribution < 1.29 is 9.31 Å². The van der Waals surface area contributed by atoms with Crippen molar-refractivity contribution in [1.82, 2.24) is 0 Å². The van der Waals surface area contributed by atoms with Crippen molar-refractivity contribution in [3.8, 4) is 0 Å². The minimum Gasteiger partial charge on any atom is -0.405 e. The van der Waals surface area contributed by atoms with Crippen LogP contribution in [0.4, 0.5) is 0 Å². The maximum Gasteiger partial charge on any atom is 0.495 e. The zero-order valence-corrected chi connectivity index (χ0v) is 12.4. The normalized spacial score (nSPS) is 11.2. The molecule has 0 radical (unpaired) electrons. The van der Waals surface area contributed by atoms with Crippen molar-refractivity contribution in [1.29, 1.82) is 0 Å². The largest absolute Gasteiger partial charge is 0.495 e. The van der Waals surface area contributed by atoms with Gasteiger partial charge >= 0.3 is 7.12 Å². The average molecular weight is 332 g/mol. The highest BCUT2D eigenvalue weighted by Crippen LogP contribution is 2.07. The second-order valence-electron chi connectivity index (χ2n) is 4.22. The Kier molecular flexibility index (Phi) is 5.79. The third-order valence-corrected chi connectivity index (χ3v) is 2.93. The average Bonchev–Trinajstić information content (AvgIpc) is 2.15. The van der Waals surface area contributed by atoms with Gasteiger partial charge in [0.1, 0.15) is 0 Å². The first-order valence-electron chi connectivity index (χ1n) is 5.56. The number of halogens is 1. The maximum absolute atomic E-state index is 5.80. The molecule has 1 rings (SSSR count).